The van der Waals surface area contributed by atoms with Gasteiger partial charge in [0.1, 0.15) is 17.6 Å². The molecule has 0 bridgehead atoms. The molecule has 2 rings (SSSR count). The average Bonchev–Trinajstić information content (AvgIpc) is 2.74. The summed E-state index contributed by atoms with van der Waals surface area (Å²) in [5.74, 6) is -0.184. The van der Waals surface area contributed by atoms with Gasteiger partial charge < -0.3 is 15.0 Å². The molecule has 0 aliphatic rings. The van der Waals surface area contributed by atoms with Gasteiger partial charge in [0.2, 0.25) is 5.91 Å². The average molecular weight is 415 g/mol. The summed E-state index contributed by atoms with van der Waals surface area (Å²) in [6, 6.07) is 11.0. The van der Waals surface area contributed by atoms with Crippen LogP contribution < -0.4 is 10.1 Å². The van der Waals surface area contributed by atoms with E-state index < -0.39 is 6.04 Å². The van der Waals surface area contributed by atoms with E-state index in [1.54, 1.807) is 12.1 Å². The Morgan fingerprint density at radius 2 is 1.80 bits per heavy atom. The number of ether oxygens (including phenoxy) is 1. The van der Waals surface area contributed by atoms with Crippen LogP contribution in [0.25, 0.3) is 0 Å². The van der Waals surface area contributed by atoms with Crippen molar-refractivity contribution in [3.63, 3.8) is 0 Å². The van der Waals surface area contributed by atoms with Gasteiger partial charge in [-0.1, -0.05) is 38.1 Å². The Labute approximate surface area is 178 Å². The lowest BCUT2D eigenvalue weighted by Gasteiger charge is -2.30. The summed E-state index contributed by atoms with van der Waals surface area (Å²) in [5.41, 5.74) is 2.80. The third-order valence-electron chi connectivity index (χ3n) is 5.11. The Balaban J connectivity index is 2.21. The van der Waals surface area contributed by atoms with E-state index in [9.17, 15) is 14.0 Å². The van der Waals surface area contributed by atoms with Gasteiger partial charge in [-0.3, -0.25) is 9.59 Å². The molecule has 0 fully saturated rings. The third kappa shape index (κ3) is 6.31. The molecule has 6 heteroatoms. The summed E-state index contributed by atoms with van der Waals surface area (Å²) in [5, 5.41) is 2.87. The van der Waals surface area contributed by atoms with Crippen LogP contribution in [0.3, 0.4) is 0 Å². The first kappa shape index (κ1) is 23.4. The number of nitrogens with zero attached hydrogens (tertiary/aromatic N) is 1. The Kier molecular flexibility index (Phi) is 8.84. The molecule has 30 heavy (non-hydrogen) atoms. The number of hydrogen-bond acceptors (Lipinski definition) is 3. The van der Waals surface area contributed by atoms with Crippen molar-refractivity contribution in [2.24, 2.45) is 0 Å². The lowest BCUT2D eigenvalue weighted by Crippen LogP contribution is -2.50. The van der Waals surface area contributed by atoms with Crippen molar-refractivity contribution in [2.45, 2.75) is 53.1 Å². The van der Waals surface area contributed by atoms with Gasteiger partial charge in [0.25, 0.3) is 5.91 Å². The molecule has 0 saturated carbocycles. The van der Waals surface area contributed by atoms with Crippen LogP contribution in [0, 0.1) is 19.7 Å². The van der Waals surface area contributed by atoms with Crippen LogP contribution in [0.5, 0.6) is 5.75 Å². The van der Waals surface area contributed by atoms with Crippen LogP contribution in [0.2, 0.25) is 0 Å². The highest BCUT2D eigenvalue weighted by molar-refractivity contribution is 5.88. The highest BCUT2D eigenvalue weighted by atomic mass is 19.1. The van der Waals surface area contributed by atoms with E-state index in [2.05, 4.69) is 5.32 Å². The Morgan fingerprint density at radius 3 is 2.43 bits per heavy atom. The van der Waals surface area contributed by atoms with Gasteiger partial charge in [-0.15, -0.1) is 0 Å². The van der Waals surface area contributed by atoms with Crippen LogP contribution in [0.15, 0.2) is 42.5 Å². The van der Waals surface area contributed by atoms with Crippen LogP contribution in [0.1, 0.15) is 43.4 Å². The maximum absolute atomic E-state index is 13.3. The molecule has 2 aromatic rings. The molecule has 2 aromatic carbocycles. The molecule has 1 N–H and O–H groups in total. The summed E-state index contributed by atoms with van der Waals surface area (Å²) in [6.07, 6.45) is 1.27. The van der Waals surface area contributed by atoms with Gasteiger partial charge in [0, 0.05) is 13.1 Å². The summed E-state index contributed by atoms with van der Waals surface area (Å²) in [7, 11) is 0. The molecule has 0 unspecified atom stereocenters. The number of carbonyl (C=O) groups is 2. The van der Waals surface area contributed by atoms with E-state index in [0.717, 1.165) is 23.1 Å². The predicted octanol–water partition coefficient (Wildman–Crippen LogP) is 4.15. The standard InChI is InChI=1S/C24H31FN2O3/c1-5-14-26-24(29)21(6-2)27(15-19-10-12-20(25)13-11-19)23(28)16-30-22-9-7-8-17(3)18(22)4/h7-13,21H,5-6,14-16H2,1-4H3,(H,26,29)/t21-/m1/s1. The Bertz CT molecular complexity index is 852. The van der Waals surface area contributed by atoms with E-state index in [1.165, 1.54) is 17.0 Å². The van der Waals surface area contributed by atoms with Crippen molar-refractivity contribution in [3.05, 3.63) is 65.0 Å². The predicted molar refractivity (Wildman–Crippen MR) is 116 cm³/mol. The normalized spacial score (nSPS) is 11.6. The fourth-order valence-corrected chi connectivity index (χ4v) is 3.17. The van der Waals surface area contributed by atoms with Crippen LogP contribution in [-0.2, 0) is 16.1 Å². The molecule has 0 spiro atoms. The van der Waals surface area contributed by atoms with E-state index in [1.807, 2.05) is 45.9 Å². The van der Waals surface area contributed by atoms with Crippen LogP contribution in [-0.4, -0.2) is 35.9 Å². The minimum absolute atomic E-state index is 0.178. The molecule has 5 nitrogen and oxygen atoms in total. The number of amides is 2. The van der Waals surface area contributed by atoms with Crippen molar-refractivity contribution in [3.8, 4) is 5.75 Å². The van der Waals surface area contributed by atoms with Gasteiger partial charge in [0.15, 0.2) is 6.61 Å². The first-order valence-electron chi connectivity index (χ1n) is 10.4. The molecule has 0 aliphatic carbocycles. The quantitative estimate of drug-likeness (QED) is 0.635. The topological polar surface area (TPSA) is 58.6 Å². The lowest BCUT2D eigenvalue weighted by atomic mass is 10.1. The Morgan fingerprint density at radius 1 is 1.10 bits per heavy atom. The zero-order valence-electron chi connectivity index (χ0n) is 18.2. The number of halogens is 1. The molecular weight excluding hydrogens is 383 g/mol. The van der Waals surface area contributed by atoms with E-state index in [0.29, 0.717) is 18.7 Å². The maximum Gasteiger partial charge on any atom is 0.261 e. The number of aryl methyl sites for hydroxylation is 1. The number of nitrogens with one attached hydrogen (secondary N) is 1. The van der Waals surface area contributed by atoms with Crippen molar-refractivity contribution >= 4 is 11.8 Å². The number of rotatable bonds is 10. The Hall–Kier alpha value is -2.89. The third-order valence-corrected chi connectivity index (χ3v) is 5.11. The van der Waals surface area contributed by atoms with Crippen molar-refractivity contribution in [2.75, 3.05) is 13.2 Å². The first-order chi connectivity index (χ1) is 14.4. The van der Waals surface area contributed by atoms with Gasteiger partial charge in [-0.25, -0.2) is 4.39 Å². The molecule has 162 valence electrons. The number of hydrogen-bond donors (Lipinski definition) is 1. The van der Waals surface area contributed by atoms with Gasteiger partial charge in [0.05, 0.1) is 0 Å². The molecule has 0 saturated heterocycles. The van der Waals surface area contributed by atoms with Crippen LogP contribution in [0.4, 0.5) is 4.39 Å². The van der Waals surface area contributed by atoms with Gasteiger partial charge in [-0.2, -0.15) is 0 Å². The minimum atomic E-state index is -0.628. The van der Waals surface area contributed by atoms with Crippen molar-refractivity contribution in [1.29, 1.82) is 0 Å². The molecule has 0 radical (unpaired) electrons. The van der Waals surface area contributed by atoms with E-state index in [-0.39, 0.29) is 30.8 Å². The molecule has 0 heterocycles. The zero-order chi connectivity index (χ0) is 22.1. The second-order valence-corrected chi connectivity index (χ2v) is 7.35. The van der Waals surface area contributed by atoms with Gasteiger partial charge >= 0.3 is 0 Å². The summed E-state index contributed by atoms with van der Waals surface area (Å²) in [6.45, 7) is 8.34. The summed E-state index contributed by atoms with van der Waals surface area (Å²) >= 11 is 0. The summed E-state index contributed by atoms with van der Waals surface area (Å²) < 4.78 is 19.1. The summed E-state index contributed by atoms with van der Waals surface area (Å²) in [4.78, 5) is 27.3. The molecule has 0 aromatic heterocycles. The fraction of sp³-hybridized carbons (Fsp3) is 0.417. The SMILES string of the molecule is CCCNC(=O)[C@@H](CC)N(Cc1ccc(F)cc1)C(=O)COc1cccc(C)c1C. The maximum atomic E-state index is 13.3. The van der Waals surface area contributed by atoms with E-state index in [4.69, 9.17) is 4.74 Å². The highest BCUT2D eigenvalue weighted by Gasteiger charge is 2.28. The number of carbonyl (C=O) groups excluding carboxylic acids is 2. The van der Waals surface area contributed by atoms with E-state index >= 15 is 0 Å². The molecule has 0 aliphatic heterocycles. The van der Waals surface area contributed by atoms with Crippen molar-refractivity contribution in [1.82, 2.24) is 10.2 Å². The largest absolute Gasteiger partial charge is 0.483 e. The second-order valence-electron chi connectivity index (χ2n) is 7.35. The lowest BCUT2D eigenvalue weighted by molar-refractivity contribution is -0.143. The fourth-order valence-electron chi connectivity index (χ4n) is 3.17. The molecule has 1 atom stereocenters. The highest BCUT2D eigenvalue weighted by Crippen LogP contribution is 2.21. The van der Waals surface area contributed by atoms with Gasteiger partial charge in [-0.05, 0) is 61.6 Å². The first-order valence-corrected chi connectivity index (χ1v) is 10.4. The molecular formula is C24H31FN2O3. The van der Waals surface area contributed by atoms with Crippen molar-refractivity contribution < 1.29 is 18.7 Å². The minimum Gasteiger partial charge on any atom is -0.483 e. The zero-order valence-corrected chi connectivity index (χ0v) is 18.2. The second kappa shape index (κ2) is 11.3. The number of benzene rings is 2. The molecule has 2 amide bonds. The smallest absolute Gasteiger partial charge is 0.261 e. The van der Waals surface area contributed by atoms with Crippen LogP contribution >= 0.6 is 0 Å². The monoisotopic (exact) mass is 414 g/mol.